The van der Waals surface area contributed by atoms with E-state index in [0.717, 1.165) is 34.6 Å². The van der Waals surface area contributed by atoms with Crippen LogP contribution in [0, 0.1) is 13.8 Å². The van der Waals surface area contributed by atoms with E-state index in [9.17, 15) is 4.79 Å². The van der Waals surface area contributed by atoms with Gasteiger partial charge in [-0.15, -0.1) is 0 Å². The van der Waals surface area contributed by atoms with Gasteiger partial charge in [-0.3, -0.25) is 9.69 Å². The fourth-order valence-electron chi connectivity index (χ4n) is 3.35. The zero-order chi connectivity index (χ0) is 22.4. The summed E-state index contributed by atoms with van der Waals surface area (Å²) in [4.78, 5) is 14.3. The van der Waals surface area contributed by atoms with Crippen molar-refractivity contribution in [1.29, 1.82) is 0 Å². The number of carbonyl (C=O) groups is 1. The molecular weight excluding hydrogens is 412 g/mol. The van der Waals surface area contributed by atoms with Crippen LogP contribution >= 0.6 is 12.2 Å². The summed E-state index contributed by atoms with van der Waals surface area (Å²) >= 11 is 5.32. The third-order valence-electron chi connectivity index (χ3n) is 5.25. The van der Waals surface area contributed by atoms with Crippen molar-refractivity contribution in [3.8, 4) is 11.5 Å². The predicted molar refractivity (Wildman–Crippen MR) is 125 cm³/mol. The Labute approximate surface area is 188 Å². The molecule has 0 atom stereocenters. The van der Waals surface area contributed by atoms with Crippen molar-refractivity contribution in [3.05, 3.63) is 64.3 Å². The predicted octanol–water partition coefficient (Wildman–Crippen LogP) is 3.99. The van der Waals surface area contributed by atoms with Crippen LogP contribution in [0.15, 0.2) is 42.1 Å². The van der Waals surface area contributed by atoms with E-state index in [-0.39, 0.29) is 5.91 Å². The molecule has 0 spiro atoms. The Hall–Kier alpha value is -2.90. The smallest absolute Gasteiger partial charge is 0.276 e. The zero-order valence-electron chi connectivity index (χ0n) is 18.4. The molecule has 2 aromatic rings. The largest absolute Gasteiger partial charge is 0.496 e. The minimum atomic E-state index is -0.134. The molecule has 0 saturated carbocycles. The Kier molecular flexibility index (Phi) is 7.65. The first-order valence-electron chi connectivity index (χ1n) is 10.1. The van der Waals surface area contributed by atoms with Crippen LogP contribution in [0.4, 0.5) is 0 Å². The quantitative estimate of drug-likeness (QED) is 0.362. The molecule has 1 aliphatic rings. The number of methoxy groups -OCH3 is 2. The standard InChI is InChI=1S/C24H28N2O4S/c1-16-7-5-8-21(17(16)2)30-15-19-13-18(9-10-22(19)29-4)14-20-23(27)26(24(31)25-20)11-6-12-28-3/h5,7-10,13-14H,6,11-12,15H2,1-4H3,(H,25,31)/b20-14+. The fourth-order valence-corrected chi connectivity index (χ4v) is 3.63. The lowest BCUT2D eigenvalue weighted by molar-refractivity contribution is -0.122. The Balaban J connectivity index is 1.78. The molecule has 0 unspecified atom stereocenters. The van der Waals surface area contributed by atoms with Crippen LogP contribution in [-0.2, 0) is 16.1 Å². The normalized spacial score (nSPS) is 14.8. The fraction of sp³-hybridized carbons (Fsp3) is 0.333. The summed E-state index contributed by atoms with van der Waals surface area (Å²) in [6.45, 7) is 5.56. The van der Waals surface area contributed by atoms with Gasteiger partial charge in [-0.1, -0.05) is 18.2 Å². The second kappa shape index (κ2) is 10.4. The van der Waals surface area contributed by atoms with Crippen molar-refractivity contribution >= 4 is 29.3 Å². The Bertz CT molecular complexity index is 1000. The molecule has 1 aliphatic heterocycles. The lowest BCUT2D eigenvalue weighted by atomic mass is 10.1. The maximum atomic E-state index is 12.7. The second-order valence-corrected chi connectivity index (χ2v) is 7.74. The highest BCUT2D eigenvalue weighted by molar-refractivity contribution is 7.80. The number of rotatable bonds is 9. The Morgan fingerprint density at radius 1 is 1.13 bits per heavy atom. The highest BCUT2D eigenvalue weighted by Gasteiger charge is 2.30. The van der Waals surface area contributed by atoms with Crippen LogP contribution < -0.4 is 14.8 Å². The van der Waals surface area contributed by atoms with Crippen LogP contribution in [0.5, 0.6) is 11.5 Å². The molecule has 0 bridgehead atoms. The topological polar surface area (TPSA) is 60.0 Å². The van der Waals surface area contributed by atoms with E-state index in [2.05, 4.69) is 18.3 Å². The van der Waals surface area contributed by atoms with Crippen LogP contribution in [-0.4, -0.2) is 43.3 Å². The van der Waals surface area contributed by atoms with Crippen molar-refractivity contribution in [1.82, 2.24) is 10.2 Å². The van der Waals surface area contributed by atoms with E-state index in [4.69, 9.17) is 26.4 Å². The van der Waals surface area contributed by atoms with Crippen molar-refractivity contribution in [2.45, 2.75) is 26.9 Å². The number of hydrogen-bond donors (Lipinski definition) is 1. The number of aryl methyl sites for hydroxylation is 1. The molecule has 6 nitrogen and oxygen atoms in total. The first kappa shape index (κ1) is 22.8. The van der Waals surface area contributed by atoms with Crippen molar-refractivity contribution in [2.24, 2.45) is 0 Å². The van der Waals surface area contributed by atoms with E-state index in [0.29, 0.717) is 30.6 Å². The monoisotopic (exact) mass is 440 g/mol. The summed E-state index contributed by atoms with van der Waals surface area (Å²) in [5.74, 6) is 1.44. The Morgan fingerprint density at radius 2 is 1.94 bits per heavy atom. The number of amides is 1. The van der Waals surface area contributed by atoms with Crippen LogP contribution in [0.2, 0.25) is 0 Å². The summed E-state index contributed by atoms with van der Waals surface area (Å²) in [7, 11) is 3.27. The minimum absolute atomic E-state index is 0.134. The summed E-state index contributed by atoms with van der Waals surface area (Å²) in [6, 6.07) is 11.7. The van der Waals surface area contributed by atoms with Gasteiger partial charge in [-0.05, 0) is 73.5 Å². The summed E-state index contributed by atoms with van der Waals surface area (Å²) in [5, 5.41) is 3.43. The van der Waals surface area contributed by atoms with E-state index >= 15 is 0 Å². The van der Waals surface area contributed by atoms with Crippen LogP contribution in [0.25, 0.3) is 6.08 Å². The van der Waals surface area contributed by atoms with Gasteiger partial charge in [0.2, 0.25) is 0 Å². The van der Waals surface area contributed by atoms with Gasteiger partial charge in [-0.2, -0.15) is 0 Å². The average molecular weight is 441 g/mol. The third-order valence-corrected chi connectivity index (χ3v) is 5.57. The lowest BCUT2D eigenvalue weighted by Crippen LogP contribution is -2.32. The number of benzene rings is 2. The van der Waals surface area contributed by atoms with E-state index in [1.165, 1.54) is 5.56 Å². The lowest BCUT2D eigenvalue weighted by Gasteiger charge is -2.14. The van der Waals surface area contributed by atoms with E-state index in [1.807, 2.05) is 37.3 Å². The van der Waals surface area contributed by atoms with Crippen LogP contribution in [0.1, 0.15) is 28.7 Å². The number of carbonyl (C=O) groups excluding carboxylic acids is 1. The van der Waals surface area contributed by atoms with Gasteiger partial charge < -0.3 is 19.5 Å². The van der Waals surface area contributed by atoms with Gasteiger partial charge in [0, 0.05) is 25.8 Å². The maximum absolute atomic E-state index is 12.7. The number of hydrogen-bond acceptors (Lipinski definition) is 5. The average Bonchev–Trinajstić information content (AvgIpc) is 3.02. The summed E-state index contributed by atoms with van der Waals surface area (Å²) in [5.41, 5.74) is 4.50. The molecule has 31 heavy (non-hydrogen) atoms. The molecule has 164 valence electrons. The molecule has 0 aromatic heterocycles. The Morgan fingerprint density at radius 3 is 2.68 bits per heavy atom. The molecule has 1 saturated heterocycles. The molecule has 1 fully saturated rings. The highest BCUT2D eigenvalue weighted by atomic mass is 32.1. The van der Waals surface area contributed by atoms with Crippen LogP contribution in [0.3, 0.4) is 0 Å². The molecule has 3 rings (SSSR count). The van der Waals surface area contributed by atoms with Gasteiger partial charge in [0.15, 0.2) is 5.11 Å². The molecule has 7 heteroatoms. The zero-order valence-corrected chi connectivity index (χ0v) is 19.2. The number of thiocarbonyl (C=S) groups is 1. The molecule has 1 N–H and O–H groups in total. The van der Waals surface area contributed by atoms with Gasteiger partial charge >= 0.3 is 0 Å². The van der Waals surface area contributed by atoms with Crippen molar-refractivity contribution < 1.29 is 19.0 Å². The van der Waals surface area contributed by atoms with E-state index in [1.54, 1.807) is 25.2 Å². The van der Waals surface area contributed by atoms with Gasteiger partial charge in [-0.25, -0.2) is 0 Å². The summed E-state index contributed by atoms with van der Waals surface area (Å²) < 4.78 is 16.6. The van der Waals surface area contributed by atoms with Gasteiger partial charge in [0.05, 0.1) is 7.11 Å². The third kappa shape index (κ3) is 5.42. The molecule has 0 aliphatic carbocycles. The molecule has 2 aromatic carbocycles. The SMILES string of the molecule is COCCCN1C(=O)/C(=C\c2ccc(OC)c(COc3cccc(C)c3C)c2)NC1=S. The van der Waals surface area contributed by atoms with Gasteiger partial charge in [0.1, 0.15) is 23.8 Å². The molecular formula is C24H28N2O4S. The number of nitrogens with zero attached hydrogens (tertiary/aromatic N) is 1. The van der Waals surface area contributed by atoms with Crippen molar-refractivity contribution in [2.75, 3.05) is 27.4 Å². The first-order valence-corrected chi connectivity index (χ1v) is 10.5. The number of nitrogens with one attached hydrogen (secondary N) is 1. The summed E-state index contributed by atoms with van der Waals surface area (Å²) in [6.07, 6.45) is 2.52. The number of ether oxygens (including phenoxy) is 3. The maximum Gasteiger partial charge on any atom is 0.276 e. The molecule has 1 amide bonds. The van der Waals surface area contributed by atoms with Crippen molar-refractivity contribution in [3.63, 3.8) is 0 Å². The first-order chi connectivity index (χ1) is 14.9. The minimum Gasteiger partial charge on any atom is -0.496 e. The molecule has 0 radical (unpaired) electrons. The highest BCUT2D eigenvalue weighted by Crippen LogP contribution is 2.26. The van der Waals surface area contributed by atoms with E-state index < -0.39 is 0 Å². The molecule has 1 heterocycles. The second-order valence-electron chi connectivity index (χ2n) is 7.35. The van der Waals surface area contributed by atoms with Gasteiger partial charge in [0.25, 0.3) is 5.91 Å².